The van der Waals surface area contributed by atoms with Crippen molar-refractivity contribution in [2.24, 2.45) is 0 Å². The van der Waals surface area contributed by atoms with E-state index in [4.69, 9.17) is 0 Å². The Hall–Kier alpha value is -1.35. The van der Waals surface area contributed by atoms with Crippen molar-refractivity contribution < 1.29 is 9.69 Å². The second kappa shape index (κ2) is 8.18. The largest absolute Gasteiger partial charge is 0.327 e. The Morgan fingerprint density at radius 1 is 1.10 bits per heavy atom. The standard InChI is InChI=1S/C18H28N2O/c1-15(2)16-10-6-7-11-17(16)19-18(21)14-20-12-8-4-3-5-9-13-20/h6-7,10-11,15H,3-5,8-9,12-14H2,1-2H3,(H,19,21)/p+1. The second-order valence-corrected chi connectivity index (χ2v) is 6.48. The molecule has 116 valence electrons. The lowest BCUT2D eigenvalue weighted by Crippen LogP contribution is -3.13. The van der Waals surface area contributed by atoms with Gasteiger partial charge in [0.15, 0.2) is 6.54 Å². The van der Waals surface area contributed by atoms with Crippen LogP contribution >= 0.6 is 0 Å². The molecule has 1 aliphatic rings. The molecule has 1 amide bonds. The molecule has 0 saturated carbocycles. The number of likely N-dealkylation sites (tertiary alicyclic amines) is 1. The number of anilines is 1. The SMILES string of the molecule is CC(C)c1ccccc1NC(=O)C[NH+]1CCCCCCC1. The van der Waals surface area contributed by atoms with Gasteiger partial charge in [0.25, 0.3) is 5.91 Å². The van der Waals surface area contributed by atoms with Crippen LogP contribution in [-0.2, 0) is 4.79 Å². The first-order valence-corrected chi connectivity index (χ1v) is 8.39. The lowest BCUT2D eigenvalue weighted by molar-refractivity contribution is -0.892. The number of benzene rings is 1. The van der Waals surface area contributed by atoms with E-state index in [0.29, 0.717) is 12.5 Å². The van der Waals surface area contributed by atoms with Gasteiger partial charge in [-0.2, -0.15) is 0 Å². The first-order chi connectivity index (χ1) is 10.2. The molecule has 3 heteroatoms. The average molecular weight is 289 g/mol. The minimum absolute atomic E-state index is 0.152. The highest BCUT2D eigenvalue weighted by molar-refractivity contribution is 5.92. The van der Waals surface area contributed by atoms with Crippen molar-refractivity contribution in [2.45, 2.75) is 51.9 Å². The van der Waals surface area contributed by atoms with Gasteiger partial charge in [-0.1, -0.05) is 38.5 Å². The molecule has 2 N–H and O–H groups in total. The van der Waals surface area contributed by atoms with Gasteiger partial charge in [0.05, 0.1) is 13.1 Å². The highest BCUT2D eigenvalue weighted by atomic mass is 16.2. The lowest BCUT2D eigenvalue weighted by atomic mass is 10.0. The molecule has 1 heterocycles. The minimum Gasteiger partial charge on any atom is -0.327 e. The van der Waals surface area contributed by atoms with Crippen molar-refractivity contribution >= 4 is 11.6 Å². The van der Waals surface area contributed by atoms with E-state index in [1.807, 2.05) is 18.2 Å². The van der Waals surface area contributed by atoms with Crippen LogP contribution in [0.25, 0.3) is 0 Å². The summed E-state index contributed by atoms with van der Waals surface area (Å²) in [6.45, 7) is 7.20. The highest BCUT2D eigenvalue weighted by Crippen LogP contribution is 2.23. The predicted molar refractivity (Wildman–Crippen MR) is 87.8 cm³/mol. The van der Waals surface area contributed by atoms with Gasteiger partial charge in [-0.05, 0) is 43.2 Å². The van der Waals surface area contributed by atoms with Crippen molar-refractivity contribution in [3.05, 3.63) is 29.8 Å². The Kier molecular flexibility index (Phi) is 6.24. The average Bonchev–Trinajstić information content (AvgIpc) is 2.42. The number of nitrogens with one attached hydrogen (secondary N) is 2. The zero-order valence-corrected chi connectivity index (χ0v) is 13.5. The van der Waals surface area contributed by atoms with Gasteiger partial charge >= 0.3 is 0 Å². The van der Waals surface area contributed by atoms with E-state index in [1.165, 1.54) is 42.6 Å². The first kappa shape index (κ1) is 16.0. The summed E-state index contributed by atoms with van der Waals surface area (Å²) >= 11 is 0. The molecule has 0 aliphatic carbocycles. The number of para-hydroxylation sites is 1. The summed E-state index contributed by atoms with van der Waals surface area (Å²) in [6.07, 6.45) is 6.51. The number of hydrogen-bond donors (Lipinski definition) is 2. The third kappa shape index (κ3) is 5.16. The number of carbonyl (C=O) groups is 1. The van der Waals surface area contributed by atoms with Gasteiger partial charge in [-0.3, -0.25) is 4.79 Å². The van der Waals surface area contributed by atoms with Crippen molar-refractivity contribution in [1.29, 1.82) is 0 Å². The van der Waals surface area contributed by atoms with E-state index in [-0.39, 0.29) is 5.91 Å². The molecule has 1 aliphatic heterocycles. The zero-order valence-electron chi connectivity index (χ0n) is 13.5. The summed E-state index contributed by atoms with van der Waals surface area (Å²) in [5.74, 6) is 0.578. The maximum atomic E-state index is 12.3. The van der Waals surface area contributed by atoms with E-state index in [1.54, 1.807) is 0 Å². The number of carbonyl (C=O) groups excluding carboxylic acids is 1. The van der Waals surface area contributed by atoms with Crippen LogP contribution in [0.3, 0.4) is 0 Å². The zero-order chi connectivity index (χ0) is 15.1. The molecule has 21 heavy (non-hydrogen) atoms. The number of rotatable bonds is 4. The summed E-state index contributed by atoms with van der Waals surface area (Å²) in [5.41, 5.74) is 2.19. The molecule has 0 unspecified atom stereocenters. The quantitative estimate of drug-likeness (QED) is 0.877. The lowest BCUT2D eigenvalue weighted by Gasteiger charge is -2.21. The van der Waals surface area contributed by atoms with Gasteiger partial charge in [-0.25, -0.2) is 0 Å². The van der Waals surface area contributed by atoms with Crippen LogP contribution in [0.5, 0.6) is 0 Å². The van der Waals surface area contributed by atoms with E-state index < -0.39 is 0 Å². The van der Waals surface area contributed by atoms with Gasteiger partial charge < -0.3 is 10.2 Å². The molecular formula is C18H29N2O+. The normalized spacial score (nSPS) is 17.3. The molecule has 0 bridgehead atoms. The van der Waals surface area contributed by atoms with Crippen molar-refractivity contribution in [1.82, 2.24) is 0 Å². The Balaban J connectivity index is 1.92. The molecule has 0 atom stereocenters. The molecule has 1 fully saturated rings. The van der Waals surface area contributed by atoms with Crippen LogP contribution in [0.1, 0.15) is 57.4 Å². The molecule has 0 aromatic heterocycles. The predicted octanol–water partition coefficient (Wildman–Crippen LogP) is 2.60. The van der Waals surface area contributed by atoms with Gasteiger partial charge in [0.1, 0.15) is 0 Å². The van der Waals surface area contributed by atoms with E-state index >= 15 is 0 Å². The number of hydrogen-bond acceptors (Lipinski definition) is 1. The Morgan fingerprint density at radius 2 is 1.71 bits per heavy atom. The van der Waals surface area contributed by atoms with Crippen LogP contribution in [0.4, 0.5) is 5.69 Å². The first-order valence-electron chi connectivity index (χ1n) is 8.39. The maximum Gasteiger partial charge on any atom is 0.279 e. The van der Waals surface area contributed by atoms with Gasteiger partial charge in [0.2, 0.25) is 0 Å². The van der Waals surface area contributed by atoms with E-state index in [2.05, 4.69) is 25.2 Å². The third-order valence-corrected chi connectivity index (χ3v) is 4.33. The summed E-state index contributed by atoms with van der Waals surface area (Å²) < 4.78 is 0. The fourth-order valence-corrected chi connectivity index (χ4v) is 3.12. The number of amides is 1. The van der Waals surface area contributed by atoms with Crippen LogP contribution < -0.4 is 10.2 Å². The number of quaternary nitrogens is 1. The second-order valence-electron chi connectivity index (χ2n) is 6.48. The molecule has 1 aromatic rings. The molecule has 1 saturated heterocycles. The van der Waals surface area contributed by atoms with Crippen LogP contribution in [0, 0.1) is 0 Å². The summed E-state index contributed by atoms with van der Waals surface area (Å²) in [6, 6.07) is 8.14. The molecule has 0 spiro atoms. The monoisotopic (exact) mass is 289 g/mol. The molecular weight excluding hydrogens is 260 g/mol. The van der Waals surface area contributed by atoms with Crippen LogP contribution in [0.15, 0.2) is 24.3 Å². The van der Waals surface area contributed by atoms with Crippen LogP contribution in [-0.4, -0.2) is 25.5 Å². The van der Waals surface area contributed by atoms with Crippen molar-refractivity contribution in [2.75, 3.05) is 25.0 Å². The Bertz CT molecular complexity index is 448. The summed E-state index contributed by atoms with van der Waals surface area (Å²) in [5, 5.41) is 3.12. The molecule has 3 nitrogen and oxygen atoms in total. The maximum absolute atomic E-state index is 12.3. The molecule has 2 rings (SSSR count). The van der Waals surface area contributed by atoms with Crippen molar-refractivity contribution in [3.8, 4) is 0 Å². The van der Waals surface area contributed by atoms with Gasteiger partial charge in [0, 0.05) is 5.69 Å². The highest BCUT2D eigenvalue weighted by Gasteiger charge is 2.16. The van der Waals surface area contributed by atoms with Gasteiger partial charge in [-0.15, -0.1) is 0 Å². The fraction of sp³-hybridized carbons (Fsp3) is 0.611. The van der Waals surface area contributed by atoms with E-state index in [9.17, 15) is 4.79 Å². The smallest absolute Gasteiger partial charge is 0.279 e. The molecule has 0 radical (unpaired) electrons. The Labute approximate surface area is 128 Å². The van der Waals surface area contributed by atoms with E-state index in [0.717, 1.165) is 18.8 Å². The summed E-state index contributed by atoms with van der Waals surface area (Å²) in [7, 11) is 0. The van der Waals surface area contributed by atoms with Crippen LogP contribution in [0.2, 0.25) is 0 Å². The van der Waals surface area contributed by atoms with Crippen molar-refractivity contribution in [3.63, 3.8) is 0 Å². The molecule has 1 aromatic carbocycles. The fourth-order valence-electron chi connectivity index (χ4n) is 3.12. The topological polar surface area (TPSA) is 33.5 Å². The Morgan fingerprint density at radius 3 is 2.38 bits per heavy atom. The minimum atomic E-state index is 0.152. The summed E-state index contributed by atoms with van der Waals surface area (Å²) in [4.78, 5) is 13.8. The third-order valence-electron chi connectivity index (χ3n) is 4.33.